The number of benzene rings is 2. The van der Waals surface area contributed by atoms with Crippen LogP contribution in [0.4, 0.5) is 0 Å². The van der Waals surface area contributed by atoms with Gasteiger partial charge in [-0.3, -0.25) is 4.79 Å². The van der Waals surface area contributed by atoms with Crippen molar-refractivity contribution in [1.82, 2.24) is 4.31 Å². The third-order valence-electron chi connectivity index (χ3n) is 4.97. The molecule has 1 atom stereocenters. The molecule has 148 valence electrons. The van der Waals surface area contributed by atoms with Gasteiger partial charge in [-0.2, -0.15) is 4.31 Å². The van der Waals surface area contributed by atoms with Crippen LogP contribution in [0.2, 0.25) is 0 Å². The molecule has 1 unspecified atom stereocenters. The van der Waals surface area contributed by atoms with E-state index < -0.39 is 10.0 Å². The monoisotopic (exact) mass is 399 g/mol. The first-order chi connectivity index (χ1) is 13.5. The minimum absolute atomic E-state index is 0.117. The smallest absolute Gasteiger partial charge is 0.309 e. The maximum atomic E-state index is 12.8. The van der Waals surface area contributed by atoms with Gasteiger partial charge in [-0.05, 0) is 41.5 Å². The van der Waals surface area contributed by atoms with Crippen LogP contribution in [-0.2, 0) is 26.0 Å². The van der Waals surface area contributed by atoms with Crippen LogP contribution >= 0.6 is 0 Å². The van der Waals surface area contributed by atoms with Gasteiger partial charge in [-0.25, -0.2) is 8.42 Å². The molecule has 1 saturated heterocycles. The lowest BCUT2D eigenvalue weighted by Crippen LogP contribution is -2.38. The first-order valence-corrected chi connectivity index (χ1v) is 10.9. The number of carbonyl (C=O) groups excluding carboxylic acids is 1. The lowest BCUT2D eigenvalue weighted by molar-refractivity contribution is -0.139. The Morgan fingerprint density at radius 2 is 1.96 bits per heavy atom. The Morgan fingerprint density at radius 3 is 2.71 bits per heavy atom. The fourth-order valence-corrected chi connectivity index (χ4v) is 4.73. The summed E-state index contributed by atoms with van der Waals surface area (Å²) < 4.78 is 31.8. The Hall–Kier alpha value is -2.44. The Bertz CT molecular complexity index is 938. The molecule has 0 bridgehead atoms. The molecule has 0 saturated carbocycles. The summed E-state index contributed by atoms with van der Waals surface area (Å²) in [6.07, 6.45) is 3.59. The molecular formula is C22H25NO4S. The van der Waals surface area contributed by atoms with E-state index in [1.54, 1.807) is 10.4 Å². The molecule has 1 heterocycles. The summed E-state index contributed by atoms with van der Waals surface area (Å²) in [5, 5.41) is 1.29. The van der Waals surface area contributed by atoms with Gasteiger partial charge in [0, 0.05) is 18.5 Å². The number of ether oxygens (including phenoxy) is 1. The number of rotatable bonds is 6. The van der Waals surface area contributed by atoms with Crippen molar-refractivity contribution in [2.75, 3.05) is 20.2 Å². The van der Waals surface area contributed by atoms with E-state index in [0.717, 1.165) is 29.5 Å². The standard InChI is InChI=1S/C22H25NO4S/c1-27-22(24)16-19-9-5-10-20(15-19)21-11-6-13-23(17-21)28(25,26)14-12-18-7-3-2-4-8-18/h2-5,7-10,12,14-15,21H,6,11,13,16-17H2,1H3. The van der Waals surface area contributed by atoms with Crippen molar-refractivity contribution in [3.8, 4) is 0 Å². The van der Waals surface area contributed by atoms with Crippen molar-refractivity contribution in [3.05, 3.63) is 76.7 Å². The highest BCUT2D eigenvalue weighted by Gasteiger charge is 2.28. The zero-order valence-electron chi connectivity index (χ0n) is 16.0. The number of carbonyl (C=O) groups is 1. The van der Waals surface area contributed by atoms with E-state index in [4.69, 9.17) is 4.74 Å². The molecule has 28 heavy (non-hydrogen) atoms. The van der Waals surface area contributed by atoms with Crippen molar-refractivity contribution < 1.29 is 17.9 Å². The van der Waals surface area contributed by atoms with E-state index in [9.17, 15) is 13.2 Å². The van der Waals surface area contributed by atoms with Gasteiger partial charge in [0.25, 0.3) is 0 Å². The summed E-state index contributed by atoms with van der Waals surface area (Å²) in [5.74, 6) is -0.165. The molecule has 0 radical (unpaired) electrons. The van der Waals surface area contributed by atoms with Gasteiger partial charge in [0.1, 0.15) is 0 Å². The van der Waals surface area contributed by atoms with E-state index in [1.165, 1.54) is 12.5 Å². The van der Waals surface area contributed by atoms with Crippen molar-refractivity contribution >= 4 is 22.1 Å². The predicted octanol–water partition coefficient (Wildman–Crippen LogP) is 3.58. The van der Waals surface area contributed by atoms with Gasteiger partial charge >= 0.3 is 5.97 Å². The second-order valence-corrected chi connectivity index (χ2v) is 8.77. The minimum Gasteiger partial charge on any atom is -0.469 e. The average Bonchev–Trinajstić information content (AvgIpc) is 2.73. The van der Waals surface area contributed by atoms with Gasteiger partial charge in [0.15, 0.2) is 0 Å². The SMILES string of the molecule is COC(=O)Cc1cccc(C2CCCN(S(=O)(=O)C=Cc3ccccc3)C2)c1. The van der Waals surface area contributed by atoms with Crippen LogP contribution in [0, 0.1) is 0 Å². The molecule has 1 aliphatic heterocycles. The van der Waals surface area contributed by atoms with Crippen LogP contribution in [0.25, 0.3) is 6.08 Å². The quantitative estimate of drug-likeness (QED) is 0.697. The van der Waals surface area contributed by atoms with E-state index in [2.05, 4.69) is 0 Å². The average molecular weight is 400 g/mol. The maximum absolute atomic E-state index is 12.8. The number of esters is 1. The normalized spacial score (nSPS) is 18.2. The van der Waals surface area contributed by atoms with E-state index in [0.29, 0.717) is 13.1 Å². The molecular weight excluding hydrogens is 374 g/mol. The highest BCUT2D eigenvalue weighted by atomic mass is 32.2. The fraction of sp³-hybridized carbons (Fsp3) is 0.318. The van der Waals surface area contributed by atoms with Crippen LogP contribution in [-0.4, -0.2) is 38.9 Å². The van der Waals surface area contributed by atoms with Gasteiger partial charge in [0.05, 0.1) is 13.5 Å². The highest BCUT2D eigenvalue weighted by Crippen LogP contribution is 2.29. The van der Waals surface area contributed by atoms with Crippen molar-refractivity contribution in [2.24, 2.45) is 0 Å². The lowest BCUT2D eigenvalue weighted by Gasteiger charge is -2.31. The number of hydrogen-bond acceptors (Lipinski definition) is 4. The fourth-order valence-electron chi connectivity index (χ4n) is 3.46. The summed E-state index contributed by atoms with van der Waals surface area (Å²) in [6, 6.07) is 17.2. The van der Waals surface area contributed by atoms with Gasteiger partial charge in [-0.1, -0.05) is 54.6 Å². The maximum Gasteiger partial charge on any atom is 0.309 e. The molecule has 6 heteroatoms. The van der Waals surface area contributed by atoms with Gasteiger partial charge < -0.3 is 4.74 Å². The van der Waals surface area contributed by atoms with E-state index in [1.807, 2.05) is 54.6 Å². The van der Waals surface area contributed by atoms with Crippen molar-refractivity contribution in [2.45, 2.75) is 25.2 Å². The third kappa shape index (κ3) is 5.30. The number of methoxy groups -OCH3 is 1. The number of hydrogen-bond donors (Lipinski definition) is 0. The van der Waals surface area contributed by atoms with Crippen molar-refractivity contribution in [3.63, 3.8) is 0 Å². The van der Waals surface area contributed by atoms with Crippen LogP contribution in [0.5, 0.6) is 0 Å². The summed E-state index contributed by atoms with van der Waals surface area (Å²) in [5.41, 5.74) is 2.80. The summed E-state index contributed by atoms with van der Waals surface area (Å²) in [4.78, 5) is 11.5. The highest BCUT2D eigenvalue weighted by molar-refractivity contribution is 7.92. The molecule has 1 fully saturated rings. The number of piperidine rings is 1. The molecule has 2 aromatic carbocycles. The Morgan fingerprint density at radius 1 is 1.18 bits per heavy atom. The third-order valence-corrected chi connectivity index (χ3v) is 6.51. The van der Waals surface area contributed by atoms with Gasteiger partial charge in [0.2, 0.25) is 10.0 Å². The molecule has 2 aromatic rings. The minimum atomic E-state index is -3.48. The van der Waals surface area contributed by atoms with Crippen LogP contribution < -0.4 is 0 Å². The van der Waals surface area contributed by atoms with E-state index in [-0.39, 0.29) is 18.3 Å². The van der Waals surface area contributed by atoms with Crippen LogP contribution in [0.15, 0.2) is 60.0 Å². The molecule has 3 rings (SSSR count). The van der Waals surface area contributed by atoms with Gasteiger partial charge in [-0.15, -0.1) is 0 Å². The molecule has 0 aliphatic carbocycles. The Kier molecular flexibility index (Phi) is 6.65. The molecule has 1 aliphatic rings. The zero-order valence-corrected chi connectivity index (χ0v) is 16.8. The Balaban J connectivity index is 1.72. The summed E-state index contributed by atoms with van der Waals surface area (Å²) in [7, 11) is -2.10. The zero-order chi connectivity index (χ0) is 20.0. The first-order valence-electron chi connectivity index (χ1n) is 9.37. The van der Waals surface area contributed by atoms with Crippen molar-refractivity contribution in [1.29, 1.82) is 0 Å². The lowest BCUT2D eigenvalue weighted by atomic mass is 9.90. The van der Waals surface area contributed by atoms with E-state index >= 15 is 0 Å². The number of sulfonamides is 1. The summed E-state index contributed by atoms with van der Waals surface area (Å²) >= 11 is 0. The second kappa shape index (κ2) is 9.17. The largest absolute Gasteiger partial charge is 0.469 e. The van der Waals surface area contributed by atoms with Crippen LogP contribution in [0.1, 0.15) is 35.4 Å². The molecule has 5 nitrogen and oxygen atoms in total. The first kappa shape index (κ1) is 20.3. The molecule has 0 spiro atoms. The summed E-state index contributed by atoms with van der Waals surface area (Å²) in [6.45, 7) is 0.975. The molecule has 0 aromatic heterocycles. The topological polar surface area (TPSA) is 63.7 Å². The predicted molar refractivity (Wildman–Crippen MR) is 110 cm³/mol. The molecule has 0 N–H and O–H groups in total. The second-order valence-electron chi connectivity index (χ2n) is 6.95. The molecule has 0 amide bonds. The number of nitrogens with zero attached hydrogens (tertiary/aromatic N) is 1. The Labute approximate surface area is 166 Å². The van der Waals surface area contributed by atoms with Crippen LogP contribution in [0.3, 0.4) is 0 Å².